The van der Waals surface area contributed by atoms with Gasteiger partial charge in [-0.05, 0) is 36.4 Å². The summed E-state index contributed by atoms with van der Waals surface area (Å²) in [5, 5.41) is 8.41. The highest BCUT2D eigenvalue weighted by Crippen LogP contribution is 2.28. The van der Waals surface area contributed by atoms with Crippen molar-refractivity contribution >= 4 is 5.69 Å². The monoisotopic (exact) mass is 380 g/mol. The summed E-state index contributed by atoms with van der Waals surface area (Å²) in [6.45, 7) is 4.45. The van der Waals surface area contributed by atoms with E-state index in [2.05, 4.69) is 32.1 Å². The van der Waals surface area contributed by atoms with Gasteiger partial charge in [0.1, 0.15) is 11.5 Å². The van der Waals surface area contributed by atoms with E-state index < -0.39 is 0 Å². The van der Waals surface area contributed by atoms with E-state index in [4.69, 9.17) is 13.9 Å². The van der Waals surface area contributed by atoms with Gasteiger partial charge in [-0.3, -0.25) is 4.90 Å². The molecule has 0 unspecified atom stereocenters. The van der Waals surface area contributed by atoms with Gasteiger partial charge in [0.2, 0.25) is 5.89 Å². The summed E-state index contributed by atoms with van der Waals surface area (Å²) in [4.78, 5) is 4.71. The summed E-state index contributed by atoms with van der Waals surface area (Å²) in [6.07, 6.45) is 0. The maximum absolute atomic E-state index is 5.88. The van der Waals surface area contributed by atoms with Crippen LogP contribution in [0.2, 0.25) is 0 Å². The Balaban J connectivity index is 1.35. The highest BCUT2D eigenvalue weighted by Gasteiger charge is 2.20. The van der Waals surface area contributed by atoms with Gasteiger partial charge in [0.15, 0.2) is 0 Å². The number of rotatable bonds is 6. The fourth-order valence-electron chi connectivity index (χ4n) is 3.40. The number of ether oxygens (including phenoxy) is 2. The van der Waals surface area contributed by atoms with Crippen LogP contribution in [0.1, 0.15) is 5.89 Å². The van der Waals surface area contributed by atoms with Crippen molar-refractivity contribution in [2.75, 3.05) is 45.3 Å². The first-order chi connectivity index (χ1) is 13.8. The van der Waals surface area contributed by atoms with E-state index >= 15 is 0 Å². The number of hydrogen-bond acceptors (Lipinski definition) is 7. The summed E-state index contributed by atoms with van der Waals surface area (Å²) < 4.78 is 16.5. The van der Waals surface area contributed by atoms with Crippen LogP contribution in [0.15, 0.2) is 52.9 Å². The molecule has 0 aliphatic carbocycles. The normalized spacial score (nSPS) is 14.9. The van der Waals surface area contributed by atoms with E-state index in [-0.39, 0.29) is 0 Å². The van der Waals surface area contributed by atoms with Crippen molar-refractivity contribution in [3.63, 3.8) is 0 Å². The molecular formula is C21H24N4O3. The third-order valence-electron chi connectivity index (χ3n) is 4.97. The molecule has 28 heavy (non-hydrogen) atoms. The maximum atomic E-state index is 5.88. The Morgan fingerprint density at radius 3 is 2.36 bits per heavy atom. The molecule has 1 aliphatic rings. The highest BCUT2D eigenvalue weighted by atomic mass is 16.5. The summed E-state index contributed by atoms with van der Waals surface area (Å²) in [7, 11) is 3.32. The second kappa shape index (κ2) is 8.31. The maximum Gasteiger partial charge on any atom is 0.251 e. The minimum atomic E-state index is 0.490. The van der Waals surface area contributed by atoms with E-state index in [1.165, 1.54) is 5.69 Å². The van der Waals surface area contributed by atoms with E-state index in [1.54, 1.807) is 14.2 Å². The first-order valence-electron chi connectivity index (χ1n) is 9.34. The smallest absolute Gasteiger partial charge is 0.251 e. The number of aromatic nitrogens is 2. The number of nitrogens with zero attached hydrogens (tertiary/aromatic N) is 4. The van der Waals surface area contributed by atoms with Crippen molar-refractivity contribution in [3.8, 4) is 23.0 Å². The third kappa shape index (κ3) is 3.94. The van der Waals surface area contributed by atoms with Crippen molar-refractivity contribution < 1.29 is 13.9 Å². The standard InChI is InChI=1S/C21H24N4O3/c1-26-17-9-7-16(8-10-17)25-13-11-24(12-14-25)15-20-22-23-21(28-20)18-5-3-4-6-19(18)27-2/h3-10H,11-15H2,1-2H3. The Bertz CT molecular complexity index is 902. The second-order valence-electron chi connectivity index (χ2n) is 6.66. The molecule has 0 bridgehead atoms. The van der Waals surface area contributed by atoms with E-state index in [1.807, 2.05) is 36.4 Å². The number of methoxy groups -OCH3 is 2. The van der Waals surface area contributed by atoms with E-state index in [9.17, 15) is 0 Å². The molecule has 1 aliphatic heterocycles. The summed E-state index contributed by atoms with van der Waals surface area (Å²) >= 11 is 0. The molecule has 146 valence electrons. The van der Waals surface area contributed by atoms with Crippen LogP contribution < -0.4 is 14.4 Å². The van der Waals surface area contributed by atoms with Crippen LogP contribution in [0.3, 0.4) is 0 Å². The molecule has 3 aromatic rings. The topological polar surface area (TPSA) is 63.9 Å². The molecular weight excluding hydrogens is 356 g/mol. The van der Waals surface area contributed by atoms with Crippen LogP contribution in [0.4, 0.5) is 5.69 Å². The lowest BCUT2D eigenvalue weighted by atomic mass is 10.2. The zero-order valence-corrected chi connectivity index (χ0v) is 16.2. The molecule has 2 aromatic carbocycles. The van der Waals surface area contributed by atoms with Gasteiger partial charge in [-0.2, -0.15) is 0 Å². The quantitative estimate of drug-likeness (QED) is 0.651. The average molecular weight is 380 g/mol. The fraction of sp³-hybridized carbons (Fsp3) is 0.333. The molecule has 7 heteroatoms. The molecule has 0 amide bonds. The van der Waals surface area contributed by atoms with Crippen molar-refractivity contribution in [2.24, 2.45) is 0 Å². The van der Waals surface area contributed by atoms with Gasteiger partial charge in [-0.25, -0.2) is 0 Å². The Morgan fingerprint density at radius 1 is 0.893 bits per heavy atom. The summed E-state index contributed by atoms with van der Waals surface area (Å²) in [5.74, 6) is 2.72. The molecule has 7 nitrogen and oxygen atoms in total. The van der Waals surface area contributed by atoms with Gasteiger partial charge in [0, 0.05) is 31.9 Å². The summed E-state index contributed by atoms with van der Waals surface area (Å²) in [6, 6.07) is 15.9. The minimum Gasteiger partial charge on any atom is -0.497 e. The van der Waals surface area contributed by atoms with Crippen LogP contribution in [0.25, 0.3) is 11.5 Å². The predicted octanol–water partition coefficient (Wildman–Crippen LogP) is 3.08. The average Bonchev–Trinajstić information content (AvgIpc) is 3.22. The summed E-state index contributed by atoms with van der Waals surface area (Å²) in [5.41, 5.74) is 2.03. The van der Waals surface area contributed by atoms with Crippen LogP contribution in [-0.2, 0) is 6.54 Å². The number of benzene rings is 2. The number of piperazine rings is 1. The minimum absolute atomic E-state index is 0.490. The lowest BCUT2D eigenvalue weighted by Crippen LogP contribution is -2.46. The molecule has 0 spiro atoms. The van der Waals surface area contributed by atoms with Crippen LogP contribution in [0, 0.1) is 0 Å². The fourth-order valence-corrected chi connectivity index (χ4v) is 3.40. The van der Waals surface area contributed by atoms with Crippen LogP contribution >= 0.6 is 0 Å². The predicted molar refractivity (Wildman–Crippen MR) is 107 cm³/mol. The van der Waals surface area contributed by atoms with Gasteiger partial charge in [0.25, 0.3) is 5.89 Å². The molecule has 1 aromatic heterocycles. The van der Waals surface area contributed by atoms with E-state index in [0.717, 1.165) is 43.2 Å². The van der Waals surface area contributed by atoms with Crippen molar-refractivity contribution in [1.29, 1.82) is 0 Å². The number of para-hydroxylation sites is 1. The lowest BCUT2D eigenvalue weighted by molar-refractivity contribution is 0.227. The Morgan fingerprint density at radius 2 is 1.64 bits per heavy atom. The first-order valence-corrected chi connectivity index (χ1v) is 9.34. The third-order valence-corrected chi connectivity index (χ3v) is 4.97. The zero-order chi connectivity index (χ0) is 19.3. The Labute approximate surface area is 164 Å². The molecule has 2 heterocycles. The molecule has 0 saturated carbocycles. The Kier molecular flexibility index (Phi) is 5.43. The van der Waals surface area contributed by atoms with Crippen LogP contribution in [-0.4, -0.2) is 55.5 Å². The van der Waals surface area contributed by atoms with Gasteiger partial charge >= 0.3 is 0 Å². The van der Waals surface area contributed by atoms with Gasteiger partial charge < -0.3 is 18.8 Å². The molecule has 0 radical (unpaired) electrons. The first kappa shape index (κ1) is 18.3. The SMILES string of the molecule is COc1ccc(N2CCN(Cc3nnc(-c4ccccc4OC)o3)CC2)cc1. The van der Waals surface area contributed by atoms with Crippen molar-refractivity contribution in [2.45, 2.75) is 6.54 Å². The highest BCUT2D eigenvalue weighted by molar-refractivity contribution is 5.62. The number of anilines is 1. The van der Waals surface area contributed by atoms with Crippen molar-refractivity contribution in [3.05, 3.63) is 54.4 Å². The largest absolute Gasteiger partial charge is 0.497 e. The molecule has 0 atom stereocenters. The lowest BCUT2D eigenvalue weighted by Gasteiger charge is -2.35. The molecule has 1 saturated heterocycles. The second-order valence-corrected chi connectivity index (χ2v) is 6.66. The molecule has 0 N–H and O–H groups in total. The van der Waals surface area contributed by atoms with Gasteiger partial charge in [0.05, 0.1) is 26.3 Å². The van der Waals surface area contributed by atoms with Crippen LogP contribution in [0.5, 0.6) is 11.5 Å². The van der Waals surface area contributed by atoms with Crippen molar-refractivity contribution in [1.82, 2.24) is 15.1 Å². The number of hydrogen-bond donors (Lipinski definition) is 0. The molecule has 4 rings (SSSR count). The molecule has 1 fully saturated rings. The van der Waals surface area contributed by atoms with Gasteiger partial charge in [-0.1, -0.05) is 12.1 Å². The van der Waals surface area contributed by atoms with Gasteiger partial charge in [-0.15, -0.1) is 10.2 Å². The Hall–Kier alpha value is -3.06. The zero-order valence-electron chi connectivity index (χ0n) is 16.2. The van der Waals surface area contributed by atoms with E-state index in [0.29, 0.717) is 18.3 Å².